The summed E-state index contributed by atoms with van der Waals surface area (Å²) in [5.41, 5.74) is 1.86. The van der Waals surface area contributed by atoms with Crippen LogP contribution in [0.5, 0.6) is 0 Å². The minimum Gasteiger partial charge on any atom is -0.396 e. The Hall–Kier alpha value is -1.88. The Morgan fingerprint density at radius 1 is 1.42 bits per heavy atom. The van der Waals surface area contributed by atoms with E-state index in [1.807, 2.05) is 35.8 Å². The molecule has 1 aromatic heterocycles. The van der Waals surface area contributed by atoms with E-state index in [4.69, 9.17) is 5.11 Å². The van der Waals surface area contributed by atoms with Gasteiger partial charge in [0.05, 0.1) is 17.4 Å². The number of aliphatic hydroxyl groups is 1. The smallest absolute Gasteiger partial charge is 0.242 e. The van der Waals surface area contributed by atoms with E-state index in [2.05, 4.69) is 4.98 Å². The monoisotopic (exact) mass is 261 g/mol. The molecule has 1 heterocycles. The Bertz CT molecular complexity index is 550. The number of nitrogens with zero attached hydrogens (tertiary/aromatic N) is 3. The Morgan fingerprint density at radius 3 is 2.95 bits per heavy atom. The summed E-state index contributed by atoms with van der Waals surface area (Å²) >= 11 is 0. The SMILES string of the molecule is CCN(CCCO)C(=O)Cn1cnc2ccccc21. The van der Waals surface area contributed by atoms with E-state index in [9.17, 15) is 4.79 Å². The average molecular weight is 261 g/mol. The van der Waals surface area contributed by atoms with Crippen LogP contribution in [-0.2, 0) is 11.3 Å². The lowest BCUT2D eigenvalue weighted by Gasteiger charge is -2.20. The maximum atomic E-state index is 12.2. The highest BCUT2D eigenvalue weighted by molar-refractivity contribution is 5.80. The third-order valence-electron chi connectivity index (χ3n) is 3.15. The van der Waals surface area contributed by atoms with Crippen LogP contribution in [-0.4, -0.2) is 45.2 Å². The first kappa shape index (κ1) is 13.5. The van der Waals surface area contributed by atoms with Gasteiger partial charge in [0.1, 0.15) is 6.54 Å². The Balaban J connectivity index is 2.09. The number of carbonyl (C=O) groups excluding carboxylic acids is 1. The number of amides is 1. The summed E-state index contributed by atoms with van der Waals surface area (Å²) in [5.74, 6) is 0.0547. The number of benzene rings is 1. The minimum atomic E-state index is 0.0547. The van der Waals surface area contributed by atoms with E-state index < -0.39 is 0 Å². The van der Waals surface area contributed by atoms with Gasteiger partial charge < -0.3 is 14.6 Å². The molecule has 2 rings (SSSR count). The lowest BCUT2D eigenvalue weighted by molar-refractivity contribution is -0.131. The maximum Gasteiger partial charge on any atom is 0.242 e. The van der Waals surface area contributed by atoms with Crippen molar-refractivity contribution in [2.24, 2.45) is 0 Å². The number of rotatable bonds is 6. The number of fused-ring (bicyclic) bond motifs is 1. The molecule has 1 amide bonds. The second-order valence-corrected chi connectivity index (χ2v) is 4.41. The van der Waals surface area contributed by atoms with E-state index in [0.717, 1.165) is 11.0 Å². The van der Waals surface area contributed by atoms with Crippen molar-refractivity contribution in [2.45, 2.75) is 19.9 Å². The number of likely N-dealkylation sites (N-methyl/N-ethyl adjacent to an activating group) is 1. The molecule has 1 aromatic carbocycles. The molecule has 0 bridgehead atoms. The summed E-state index contributed by atoms with van der Waals surface area (Å²) < 4.78 is 1.86. The van der Waals surface area contributed by atoms with Gasteiger partial charge in [-0.1, -0.05) is 12.1 Å². The Kier molecular flexibility index (Phi) is 4.52. The molecule has 0 aliphatic carbocycles. The average Bonchev–Trinajstić information content (AvgIpc) is 2.83. The summed E-state index contributed by atoms with van der Waals surface area (Å²) in [6.07, 6.45) is 2.31. The molecule has 5 heteroatoms. The van der Waals surface area contributed by atoms with Gasteiger partial charge in [0.25, 0.3) is 0 Å². The number of carbonyl (C=O) groups is 1. The van der Waals surface area contributed by atoms with Gasteiger partial charge in [-0.05, 0) is 25.5 Å². The van der Waals surface area contributed by atoms with Crippen molar-refractivity contribution in [3.8, 4) is 0 Å². The molecule has 0 fully saturated rings. The number of imidazole rings is 1. The van der Waals surface area contributed by atoms with Crippen LogP contribution in [0.3, 0.4) is 0 Å². The second kappa shape index (κ2) is 6.33. The quantitative estimate of drug-likeness (QED) is 0.852. The Labute approximate surface area is 112 Å². The second-order valence-electron chi connectivity index (χ2n) is 4.41. The van der Waals surface area contributed by atoms with E-state index in [-0.39, 0.29) is 12.5 Å². The van der Waals surface area contributed by atoms with Crippen molar-refractivity contribution in [1.82, 2.24) is 14.5 Å². The highest BCUT2D eigenvalue weighted by Crippen LogP contribution is 2.12. The molecule has 0 aliphatic rings. The van der Waals surface area contributed by atoms with Crippen LogP contribution in [0.25, 0.3) is 11.0 Å². The molecule has 102 valence electrons. The number of aromatic nitrogens is 2. The molecule has 0 unspecified atom stereocenters. The summed E-state index contributed by atoms with van der Waals surface area (Å²) in [7, 11) is 0. The molecule has 0 aliphatic heterocycles. The Morgan fingerprint density at radius 2 is 2.21 bits per heavy atom. The van der Waals surface area contributed by atoms with Gasteiger partial charge in [-0.3, -0.25) is 4.79 Å². The lowest BCUT2D eigenvalue weighted by Crippen LogP contribution is -2.34. The zero-order chi connectivity index (χ0) is 13.7. The molecule has 5 nitrogen and oxygen atoms in total. The van der Waals surface area contributed by atoms with Gasteiger partial charge >= 0.3 is 0 Å². The third-order valence-corrected chi connectivity index (χ3v) is 3.15. The first-order valence-electron chi connectivity index (χ1n) is 6.54. The molecular weight excluding hydrogens is 242 g/mol. The van der Waals surface area contributed by atoms with Crippen LogP contribution in [0.1, 0.15) is 13.3 Å². The van der Waals surface area contributed by atoms with E-state index in [1.165, 1.54) is 0 Å². The molecule has 1 N–H and O–H groups in total. The zero-order valence-electron chi connectivity index (χ0n) is 11.1. The maximum absolute atomic E-state index is 12.2. The van der Waals surface area contributed by atoms with Crippen LogP contribution in [0.15, 0.2) is 30.6 Å². The van der Waals surface area contributed by atoms with Crippen molar-refractivity contribution in [1.29, 1.82) is 0 Å². The normalized spacial score (nSPS) is 10.8. The van der Waals surface area contributed by atoms with Crippen molar-refractivity contribution < 1.29 is 9.90 Å². The summed E-state index contributed by atoms with van der Waals surface area (Å²) in [6.45, 7) is 3.60. The fourth-order valence-corrected chi connectivity index (χ4v) is 2.10. The van der Waals surface area contributed by atoms with Crippen LogP contribution in [0.2, 0.25) is 0 Å². The predicted octanol–water partition coefficient (Wildman–Crippen LogP) is 1.27. The number of para-hydroxylation sites is 2. The van der Waals surface area contributed by atoms with Gasteiger partial charge in [0.2, 0.25) is 5.91 Å². The van der Waals surface area contributed by atoms with E-state index in [0.29, 0.717) is 26.1 Å². The summed E-state index contributed by atoms with van der Waals surface area (Å²) in [5, 5.41) is 8.84. The van der Waals surface area contributed by atoms with Crippen molar-refractivity contribution in [3.05, 3.63) is 30.6 Å². The molecule has 0 saturated heterocycles. The van der Waals surface area contributed by atoms with E-state index >= 15 is 0 Å². The summed E-state index contributed by atoms with van der Waals surface area (Å²) in [6, 6.07) is 7.76. The predicted molar refractivity (Wildman–Crippen MR) is 73.7 cm³/mol. The van der Waals surface area contributed by atoms with Gasteiger partial charge in [0, 0.05) is 19.7 Å². The molecule has 19 heavy (non-hydrogen) atoms. The van der Waals surface area contributed by atoms with Gasteiger partial charge in [0.15, 0.2) is 0 Å². The van der Waals surface area contributed by atoms with Crippen LogP contribution in [0.4, 0.5) is 0 Å². The first-order valence-corrected chi connectivity index (χ1v) is 6.54. The molecule has 0 atom stereocenters. The van der Waals surface area contributed by atoms with Crippen LogP contribution >= 0.6 is 0 Å². The standard InChI is InChI=1S/C14H19N3O2/c1-2-16(8-5-9-18)14(19)10-17-11-15-12-6-3-4-7-13(12)17/h3-4,6-7,11,18H,2,5,8-10H2,1H3. The van der Waals surface area contributed by atoms with Gasteiger partial charge in [-0.15, -0.1) is 0 Å². The fraction of sp³-hybridized carbons (Fsp3) is 0.429. The van der Waals surface area contributed by atoms with Gasteiger partial charge in [-0.25, -0.2) is 4.98 Å². The van der Waals surface area contributed by atoms with Crippen LogP contribution in [0, 0.1) is 0 Å². The lowest BCUT2D eigenvalue weighted by atomic mass is 10.3. The highest BCUT2D eigenvalue weighted by atomic mass is 16.3. The number of aliphatic hydroxyl groups excluding tert-OH is 1. The van der Waals surface area contributed by atoms with E-state index in [1.54, 1.807) is 11.2 Å². The summed E-state index contributed by atoms with van der Waals surface area (Å²) in [4.78, 5) is 18.2. The largest absolute Gasteiger partial charge is 0.396 e. The zero-order valence-corrected chi connectivity index (χ0v) is 11.1. The molecule has 0 radical (unpaired) electrons. The van der Waals surface area contributed by atoms with Crippen molar-refractivity contribution >= 4 is 16.9 Å². The molecule has 2 aromatic rings. The molecular formula is C14H19N3O2. The fourth-order valence-electron chi connectivity index (χ4n) is 2.10. The third kappa shape index (κ3) is 3.12. The number of hydrogen-bond acceptors (Lipinski definition) is 3. The van der Waals surface area contributed by atoms with Crippen LogP contribution < -0.4 is 0 Å². The van der Waals surface area contributed by atoms with Gasteiger partial charge in [-0.2, -0.15) is 0 Å². The first-order chi connectivity index (χ1) is 9.26. The minimum absolute atomic E-state index is 0.0547. The highest BCUT2D eigenvalue weighted by Gasteiger charge is 2.13. The topological polar surface area (TPSA) is 58.4 Å². The van der Waals surface area contributed by atoms with Crippen molar-refractivity contribution in [2.75, 3.05) is 19.7 Å². The number of hydrogen-bond donors (Lipinski definition) is 1. The molecule has 0 spiro atoms. The van der Waals surface area contributed by atoms with Crippen molar-refractivity contribution in [3.63, 3.8) is 0 Å². The molecule has 0 saturated carbocycles.